The van der Waals surface area contributed by atoms with E-state index in [1.807, 2.05) is 13.8 Å². The fourth-order valence-corrected chi connectivity index (χ4v) is 4.17. The summed E-state index contributed by atoms with van der Waals surface area (Å²) in [5.41, 5.74) is -0.218. The van der Waals surface area contributed by atoms with Crippen LogP contribution in [-0.2, 0) is 11.3 Å². The number of amides is 2. The molecular weight excluding hydrogens is 335 g/mol. The molecule has 2 rings (SSSR count). The Morgan fingerprint density at radius 3 is 2.35 bits per heavy atom. The van der Waals surface area contributed by atoms with Gasteiger partial charge in [-0.05, 0) is 23.3 Å². The number of carbonyl (C=O) groups is 2. The highest BCUT2D eigenvalue weighted by Crippen LogP contribution is 2.39. The first-order chi connectivity index (χ1) is 11.9. The maximum absolute atomic E-state index is 13.9. The third-order valence-electron chi connectivity index (χ3n) is 4.72. The molecule has 1 aliphatic heterocycles. The molecule has 1 aliphatic rings. The van der Waals surface area contributed by atoms with Crippen LogP contribution < -0.4 is 0 Å². The number of carboxylic acid groups (broad SMARTS) is 1. The SMILES string of the molecule is CC(C)(C)CC(C)(C)[C@@H](C(=O)O)N1CCN(Cc2ccccc2F)C1=O. The van der Waals surface area contributed by atoms with Crippen LogP contribution in [0.4, 0.5) is 9.18 Å². The molecule has 1 aromatic carbocycles. The van der Waals surface area contributed by atoms with Crippen LogP contribution in [0.15, 0.2) is 24.3 Å². The number of hydrogen-bond acceptors (Lipinski definition) is 2. The molecule has 0 aliphatic carbocycles. The number of nitrogens with zero attached hydrogens (tertiary/aromatic N) is 2. The Kier molecular flexibility index (Phi) is 5.64. The van der Waals surface area contributed by atoms with Gasteiger partial charge in [0.1, 0.15) is 11.9 Å². The number of rotatable bonds is 6. The van der Waals surface area contributed by atoms with Crippen molar-refractivity contribution in [3.63, 3.8) is 0 Å². The first kappa shape index (κ1) is 20.2. The maximum atomic E-state index is 13.9. The molecule has 0 spiro atoms. The summed E-state index contributed by atoms with van der Waals surface area (Å²) in [6, 6.07) is 5.07. The highest BCUT2D eigenvalue weighted by molar-refractivity contribution is 5.84. The lowest BCUT2D eigenvalue weighted by Crippen LogP contribution is -2.52. The number of halogens is 1. The van der Waals surface area contributed by atoms with E-state index in [1.54, 1.807) is 18.2 Å². The van der Waals surface area contributed by atoms with Crippen LogP contribution in [0.3, 0.4) is 0 Å². The molecule has 0 bridgehead atoms. The monoisotopic (exact) mass is 364 g/mol. The number of benzene rings is 1. The average molecular weight is 364 g/mol. The molecule has 1 fully saturated rings. The summed E-state index contributed by atoms with van der Waals surface area (Å²) < 4.78 is 13.9. The fourth-order valence-electron chi connectivity index (χ4n) is 4.17. The van der Waals surface area contributed by atoms with Gasteiger partial charge in [0.2, 0.25) is 0 Å². The van der Waals surface area contributed by atoms with Crippen molar-refractivity contribution in [2.75, 3.05) is 13.1 Å². The van der Waals surface area contributed by atoms with Crippen LogP contribution in [0, 0.1) is 16.6 Å². The van der Waals surface area contributed by atoms with Crippen LogP contribution in [0.25, 0.3) is 0 Å². The molecule has 2 amide bonds. The number of aliphatic carboxylic acids is 1. The summed E-state index contributed by atoms with van der Waals surface area (Å²) in [4.78, 5) is 27.8. The Hall–Kier alpha value is -2.11. The smallest absolute Gasteiger partial charge is 0.327 e. The van der Waals surface area contributed by atoms with Crippen molar-refractivity contribution >= 4 is 12.0 Å². The van der Waals surface area contributed by atoms with Crippen LogP contribution in [0.1, 0.15) is 46.6 Å². The molecule has 1 atom stereocenters. The van der Waals surface area contributed by atoms with E-state index in [4.69, 9.17) is 0 Å². The standard InChI is InChI=1S/C20H29FN2O3/c1-19(2,3)13-20(4,5)16(17(24)25)23-11-10-22(18(23)26)12-14-8-6-7-9-15(14)21/h6-9,16H,10-13H2,1-5H3,(H,24,25)/t16-/m1/s1. The molecule has 1 heterocycles. The predicted octanol–water partition coefficient (Wildman–Crippen LogP) is 3.98. The zero-order valence-electron chi connectivity index (χ0n) is 16.3. The Balaban J connectivity index is 2.20. The van der Waals surface area contributed by atoms with Gasteiger partial charge in [-0.15, -0.1) is 0 Å². The van der Waals surface area contributed by atoms with E-state index in [1.165, 1.54) is 15.9 Å². The summed E-state index contributed by atoms with van der Waals surface area (Å²) in [6.45, 7) is 10.8. The van der Waals surface area contributed by atoms with Gasteiger partial charge in [-0.3, -0.25) is 0 Å². The minimum atomic E-state index is -1.000. The highest BCUT2D eigenvalue weighted by Gasteiger charge is 2.46. The van der Waals surface area contributed by atoms with Gasteiger partial charge in [-0.1, -0.05) is 52.8 Å². The zero-order chi connectivity index (χ0) is 19.7. The van der Waals surface area contributed by atoms with Gasteiger partial charge in [0.15, 0.2) is 0 Å². The van der Waals surface area contributed by atoms with Crippen molar-refractivity contribution in [3.05, 3.63) is 35.6 Å². The lowest BCUT2D eigenvalue weighted by atomic mass is 9.71. The first-order valence-electron chi connectivity index (χ1n) is 8.94. The minimum absolute atomic E-state index is 0.0627. The van der Waals surface area contributed by atoms with E-state index < -0.39 is 17.4 Å². The molecular formula is C20H29FN2O3. The molecule has 26 heavy (non-hydrogen) atoms. The van der Waals surface area contributed by atoms with E-state index in [0.717, 1.165) is 0 Å². The Labute approximate surface area is 154 Å². The molecule has 0 radical (unpaired) electrons. The topological polar surface area (TPSA) is 60.9 Å². The third-order valence-corrected chi connectivity index (χ3v) is 4.72. The molecule has 1 aromatic rings. The Morgan fingerprint density at radius 2 is 1.81 bits per heavy atom. The number of urea groups is 1. The second-order valence-corrected chi connectivity index (χ2v) is 8.96. The fraction of sp³-hybridized carbons (Fsp3) is 0.600. The van der Waals surface area contributed by atoms with Gasteiger partial charge < -0.3 is 14.9 Å². The largest absolute Gasteiger partial charge is 0.480 e. The lowest BCUT2D eigenvalue weighted by Gasteiger charge is -2.40. The zero-order valence-corrected chi connectivity index (χ0v) is 16.3. The molecule has 0 saturated carbocycles. The van der Waals surface area contributed by atoms with E-state index in [2.05, 4.69) is 20.8 Å². The second-order valence-electron chi connectivity index (χ2n) is 8.96. The second kappa shape index (κ2) is 7.25. The van der Waals surface area contributed by atoms with Gasteiger partial charge in [-0.25, -0.2) is 14.0 Å². The molecule has 5 nitrogen and oxygen atoms in total. The highest BCUT2D eigenvalue weighted by atomic mass is 19.1. The van der Waals surface area contributed by atoms with Crippen LogP contribution in [0.2, 0.25) is 0 Å². The summed E-state index contributed by atoms with van der Waals surface area (Å²) in [6.07, 6.45) is 0.661. The van der Waals surface area contributed by atoms with Crippen molar-refractivity contribution in [2.24, 2.45) is 10.8 Å². The van der Waals surface area contributed by atoms with Crippen LogP contribution in [0.5, 0.6) is 0 Å². The van der Waals surface area contributed by atoms with Gasteiger partial charge >= 0.3 is 12.0 Å². The summed E-state index contributed by atoms with van der Waals surface area (Å²) in [5.74, 6) is -1.36. The van der Waals surface area contributed by atoms with E-state index >= 15 is 0 Å². The molecule has 1 saturated heterocycles. The molecule has 1 N–H and O–H groups in total. The van der Waals surface area contributed by atoms with Crippen molar-refractivity contribution in [1.29, 1.82) is 0 Å². The van der Waals surface area contributed by atoms with Crippen LogP contribution >= 0.6 is 0 Å². The molecule has 0 aromatic heterocycles. The quantitative estimate of drug-likeness (QED) is 0.830. The average Bonchev–Trinajstić information content (AvgIpc) is 2.80. The minimum Gasteiger partial charge on any atom is -0.480 e. The van der Waals surface area contributed by atoms with Gasteiger partial charge in [0, 0.05) is 18.7 Å². The van der Waals surface area contributed by atoms with Gasteiger partial charge in [0.25, 0.3) is 0 Å². The van der Waals surface area contributed by atoms with Crippen molar-refractivity contribution < 1.29 is 19.1 Å². The molecule has 144 valence electrons. The Bertz CT molecular complexity index is 682. The maximum Gasteiger partial charge on any atom is 0.327 e. The lowest BCUT2D eigenvalue weighted by molar-refractivity contribution is -0.147. The summed E-state index contributed by atoms with van der Waals surface area (Å²) in [5, 5.41) is 9.83. The number of carbonyl (C=O) groups excluding carboxylic acids is 1. The summed E-state index contributed by atoms with van der Waals surface area (Å²) >= 11 is 0. The van der Waals surface area contributed by atoms with Crippen molar-refractivity contribution in [3.8, 4) is 0 Å². The van der Waals surface area contributed by atoms with E-state index in [0.29, 0.717) is 25.1 Å². The van der Waals surface area contributed by atoms with Crippen LogP contribution in [-0.4, -0.2) is 46.0 Å². The summed E-state index contributed by atoms with van der Waals surface area (Å²) in [7, 11) is 0. The van der Waals surface area contributed by atoms with E-state index in [-0.39, 0.29) is 23.8 Å². The molecule has 0 unspecified atom stereocenters. The number of hydrogen-bond donors (Lipinski definition) is 1. The first-order valence-corrected chi connectivity index (χ1v) is 8.94. The van der Waals surface area contributed by atoms with Crippen molar-refractivity contribution in [1.82, 2.24) is 9.80 Å². The van der Waals surface area contributed by atoms with Crippen molar-refractivity contribution in [2.45, 2.75) is 53.6 Å². The van der Waals surface area contributed by atoms with E-state index in [9.17, 15) is 19.1 Å². The molecule has 6 heteroatoms. The normalized spacial score (nSPS) is 16.9. The third kappa shape index (κ3) is 4.54. The van der Waals surface area contributed by atoms with Gasteiger partial charge in [-0.2, -0.15) is 0 Å². The van der Waals surface area contributed by atoms with Gasteiger partial charge in [0.05, 0.1) is 6.54 Å². The predicted molar refractivity (Wildman–Crippen MR) is 98.2 cm³/mol. The number of carboxylic acids is 1. The Morgan fingerprint density at radius 1 is 1.19 bits per heavy atom.